The summed E-state index contributed by atoms with van der Waals surface area (Å²) >= 11 is 2.19. The molecule has 0 aromatic heterocycles. The van der Waals surface area contributed by atoms with Gasteiger partial charge in [-0.15, -0.1) is 0 Å². The lowest BCUT2D eigenvalue weighted by Crippen LogP contribution is -1.95. The molecule has 2 aromatic carbocycles. The molecule has 0 aliphatic heterocycles. The quantitative estimate of drug-likeness (QED) is 0.348. The molecular formula is C22H18O3S2. The van der Waals surface area contributed by atoms with Gasteiger partial charge in [0.25, 0.3) is 0 Å². The average molecular weight is 395 g/mol. The Morgan fingerprint density at radius 2 is 1.44 bits per heavy atom. The maximum Gasteiger partial charge on any atom is 0.219 e. The Bertz CT molecular complexity index is 908. The van der Waals surface area contributed by atoms with Crippen molar-refractivity contribution < 1.29 is 14.4 Å². The first kappa shape index (κ1) is 20.7. The van der Waals surface area contributed by atoms with Crippen molar-refractivity contribution in [3.63, 3.8) is 0 Å². The van der Waals surface area contributed by atoms with Crippen molar-refractivity contribution in [3.8, 4) is 0 Å². The van der Waals surface area contributed by atoms with E-state index < -0.39 is 0 Å². The van der Waals surface area contributed by atoms with Crippen molar-refractivity contribution in [1.82, 2.24) is 0 Å². The number of thioether (sulfide) groups is 2. The van der Waals surface area contributed by atoms with Crippen molar-refractivity contribution in [2.75, 3.05) is 0 Å². The summed E-state index contributed by atoms with van der Waals surface area (Å²) in [5, 5.41) is -0.203. The van der Waals surface area contributed by atoms with Crippen molar-refractivity contribution in [1.29, 1.82) is 0 Å². The molecular weight excluding hydrogens is 376 g/mol. The van der Waals surface area contributed by atoms with Gasteiger partial charge in [-0.25, -0.2) is 0 Å². The van der Waals surface area contributed by atoms with Crippen LogP contribution in [-0.2, 0) is 9.59 Å². The van der Waals surface area contributed by atoms with Crippen molar-refractivity contribution in [2.24, 2.45) is 0 Å². The van der Waals surface area contributed by atoms with Crippen LogP contribution in [0.1, 0.15) is 22.8 Å². The third kappa shape index (κ3) is 6.55. The molecule has 2 rings (SSSR count). The first-order valence-corrected chi connectivity index (χ1v) is 9.67. The molecule has 0 unspecified atom stereocenters. The van der Waals surface area contributed by atoms with Crippen LogP contribution in [0.3, 0.4) is 0 Å². The second kappa shape index (κ2) is 9.90. The number of carbonyl (C=O) groups is 3. The van der Waals surface area contributed by atoms with Crippen molar-refractivity contribution in [3.05, 3.63) is 90.5 Å². The van der Waals surface area contributed by atoms with E-state index in [1.165, 1.54) is 12.2 Å². The van der Waals surface area contributed by atoms with Gasteiger partial charge in [-0.3, -0.25) is 14.4 Å². The van der Waals surface area contributed by atoms with Gasteiger partial charge in [0.1, 0.15) is 0 Å². The van der Waals surface area contributed by atoms with Crippen LogP contribution in [0, 0.1) is 0 Å². The van der Waals surface area contributed by atoms with E-state index in [4.69, 9.17) is 0 Å². The van der Waals surface area contributed by atoms with Crippen LogP contribution in [0.4, 0.5) is 0 Å². The summed E-state index contributed by atoms with van der Waals surface area (Å²) in [7, 11) is 0. The van der Waals surface area contributed by atoms with Gasteiger partial charge in [0, 0.05) is 15.4 Å². The smallest absolute Gasteiger partial charge is 0.219 e. The molecule has 0 saturated carbocycles. The van der Waals surface area contributed by atoms with E-state index in [0.717, 1.165) is 38.9 Å². The highest BCUT2D eigenvalue weighted by atomic mass is 32.2. The van der Waals surface area contributed by atoms with Gasteiger partial charge in [0.15, 0.2) is 5.78 Å². The number of hydrogen-bond donors (Lipinski definition) is 0. The molecule has 0 atom stereocenters. The molecule has 27 heavy (non-hydrogen) atoms. The highest BCUT2D eigenvalue weighted by Gasteiger charge is 2.07. The zero-order valence-corrected chi connectivity index (χ0v) is 16.4. The average Bonchev–Trinajstić information content (AvgIpc) is 2.67. The molecule has 0 aliphatic rings. The topological polar surface area (TPSA) is 51.2 Å². The fraction of sp³-hybridized carbons (Fsp3) is 0.0455. The van der Waals surface area contributed by atoms with Crippen LogP contribution in [0.2, 0.25) is 0 Å². The van der Waals surface area contributed by atoms with E-state index >= 15 is 0 Å². The third-order valence-electron chi connectivity index (χ3n) is 3.39. The van der Waals surface area contributed by atoms with E-state index in [1.54, 1.807) is 37.3 Å². The summed E-state index contributed by atoms with van der Waals surface area (Å²) in [6.07, 6.45) is 4.49. The predicted molar refractivity (Wildman–Crippen MR) is 113 cm³/mol. The first-order valence-electron chi connectivity index (χ1n) is 8.03. The second-order valence-corrected chi connectivity index (χ2v) is 7.71. The first-order chi connectivity index (χ1) is 12.9. The summed E-state index contributed by atoms with van der Waals surface area (Å²) in [4.78, 5) is 36.8. The Balaban J connectivity index is 1.99. The molecule has 0 fully saturated rings. The molecule has 3 nitrogen and oxygen atoms in total. The Hall–Kier alpha value is -2.63. The highest BCUT2D eigenvalue weighted by Crippen LogP contribution is 2.23. The number of rotatable bonds is 7. The lowest BCUT2D eigenvalue weighted by molar-refractivity contribution is -0.108. The Kier molecular flexibility index (Phi) is 7.58. The molecule has 5 heteroatoms. The maximum absolute atomic E-state index is 12.3. The van der Waals surface area contributed by atoms with Gasteiger partial charge in [0.05, 0.1) is 0 Å². The predicted octanol–water partition coefficient (Wildman–Crippen LogP) is 5.58. The number of benzene rings is 2. The minimum atomic E-state index is -0.127. The molecule has 0 radical (unpaired) electrons. The fourth-order valence-electron chi connectivity index (χ4n) is 1.95. The van der Waals surface area contributed by atoms with Gasteiger partial charge in [0.2, 0.25) is 10.2 Å². The van der Waals surface area contributed by atoms with E-state index in [1.807, 2.05) is 24.3 Å². The molecule has 2 aromatic rings. The SMILES string of the molecule is C=CC(=O)Sc1ccc(/C=C/C(=O)c2ccc(SC(=O)C(=C)C)cc2)cc1. The summed E-state index contributed by atoms with van der Waals surface area (Å²) < 4.78 is 0. The van der Waals surface area contributed by atoms with Crippen molar-refractivity contribution >= 4 is 45.6 Å². The largest absolute Gasteiger partial charge is 0.289 e. The van der Waals surface area contributed by atoms with Crippen LogP contribution in [0.15, 0.2) is 89.2 Å². The Morgan fingerprint density at radius 3 is 2.00 bits per heavy atom. The van der Waals surface area contributed by atoms with Gasteiger partial charge in [-0.05, 0) is 90.1 Å². The van der Waals surface area contributed by atoms with Crippen LogP contribution in [0.5, 0.6) is 0 Å². The summed E-state index contributed by atoms with van der Waals surface area (Å²) in [5.41, 5.74) is 1.89. The maximum atomic E-state index is 12.3. The van der Waals surface area contributed by atoms with Gasteiger partial charge in [-0.2, -0.15) is 0 Å². The molecule has 0 spiro atoms. The Morgan fingerprint density at radius 1 is 0.889 bits per heavy atom. The highest BCUT2D eigenvalue weighted by molar-refractivity contribution is 8.14. The van der Waals surface area contributed by atoms with Gasteiger partial charge in [-0.1, -0.05) is 31.4 Å². The molecule has 0 heterocycles. The minimum Gasteiger partial charge on any atom is -0.289 e. The molecule has 0 N–H and O–H groups in total. The van der Waals surface area contributed by atoms with Crippen LogP contribution < -0.4 is 0 Å². The second-order valence-electron chi connectivity index (χ2n) is 5.59. The van der Waals surface area contributed by atoms with Crippen LogP contribution in [0.25, 0.3) is 6.08 Å². The van der Waals surface area contributed by atoms with E-state index in [0.29, 0.717) is 11.1 Å². The fourth-order valence-corrected chi connectivity index (χ4v) is 3.20. The normalized spacial score (nSPS) is 10.6. The van der Waals surface area contributed by atoms with Crippen LogP contribution in [-0.4, -0.2) is 16.0 Å². The Labute approximate surface area is 167 Å². The number of allylic oxidation sites excluding steroid dienone is 1. The lowest BCUT2D eigenvalue weighted by atomic mass is 10.1. The zero-order valence-electron chi connectivity index (χ0n) is 14.8. The van der Waals surface area contributed by atoms with E-state index in [9.17, 15) is 14.4 Å². The molecule has 0 amide bonds. The molecule has 0 bridgehead atoms. The number of hydrogen-bond acceptors (Lipinski definition) is 5. The minimum absolute atomic E-state index is 0.0922. The zero-order chi connectivity index (χ0) is 19.8. The third-order valence-corrected chi connectivity index (χ3v) is 5.31. The van der Waals surface area contributed by atoms with Gasteiger partial charge >= 0.3 is 0 Å². The molecule has 0 aliphatic carbocycles. The standard InChI is InChI=1S/C22H18O3S2/c1-4-21(24)26-18-10-5-16(6-11-18)7-14-20(23)17-8-12-19(13-9-17)27-22(25)15(2)3/h4-14H,1-2H2,3H3/b14-7+. The summed E-state index contributed by atoms with van der Waals surface area (Å²) in [6.45, 7) is 8.72. The lowest BCUT2D eigenvalue weighted by Gasteiger charge is -2.01. The monoisotopic (exact) mass is 394 g/mol. The summed E-state index contributed by atoms with van der Waals surface area (Å²) in [6, 6.07) is 14.2. The number of carbonyl (C=O) groups excluding carboxylic acids is 3. The summed E-state index contributed by atoms with van der Waals surface area (Å²) in [5.74, 6) is -0.127. The molecule has 0 saturated heterocycles. The van der Waals surface area contributed by atoms with E-state index in [-0.39, 0.29) is 16.0 Å². The van der Waals surface area contributed by atoms with Gasteiger partial charge < -0.3 is 0 Å². The number of ketones is 1. The molecule has 136 valence electrons. The van der Waals surface area contributed by atoms with Crippen molar-refractivity contribution in [2.45, 2.75) is 16.7 Å². The van der Waals surface area contributed by atoms with Crippen LogP contribution >= 0.6 is 23.5 Å². The van der Waals surface area contributed by atoms with E-state index in [2.05, 4.69) is 13.2 Å².